The summed E-state index contributed by atoms with van der Waals surface area (Å²) in [5.41, 5.74) is 6.24. The van der Waals surface area contributed by atoms with Crippen LogP contribution in [0.3, 0.4) is 0 Å². The van der Waals surface area contributed by atoms with Gasteiger partial charge in [0.1, 0.15) is 12.4 Å². The SMILES string of the molecule is NC(COc1ccccc1O)c1ccccc1F. The van der Waals surface area contributed by atoms with Crippen molar-refractivity contribution in [2.24, 2.45) is 5.73 Å². The molecular weight excluding hydrogens is 233 g/mol. The number of ether oxygens (including phenoxy) is 1. The van der Waals surface area contributed by atoms with E-state index in [2.05, 4.69) is 0 Å². The maximum Gasteiger partial charge on any atom is 0.161 e. The first-order chi connectivity index (χ1) is 8.68. The molecule has 0 amide bonds. The molecule has 0 saturated heterocycles. The number of nitrogens with two attached hydrogens (primary N) is 1. The van der Waals surface area contributed by atoms with E-state index in [-0.39, 0.29) is 18.2 Å². The zero-order valence-electron chi connectivity index (χ0n) is 9.71. The van der Waals surface area contributed by atoms with Gasteiger partial charge in [0, 0.05) is 5.56 Å². The maximum atomic E-state index is 13.5. The summed E-state index contributed by atoms with van der Waals surface area (Å²) in [5.74, 6) is 0.0217. The van der Waals surface area contributed by atoms with Crippen LogP contribution in [0.1, 0.15) is 11.6 Å². The lowest BCUT2D eigenvalue weighted by Crippen LogP contribution is -2.20. The first kappa shape index (κ1) is 12.4. The number of hydrogen-bond acceptors (Lipinski definition) is 3. The molecule has 0 aliphatic heterocycles. The van der Waals surface area contributed by atoms with E-state index in [4.69, 9.17) is 10.5 Å². The van der Waals surface area contributed by atoms with Crippen LogP contribution in [-0.2, 0) is 0 Å². The van der Waals surface area contributed by atoms with Crippen molar-refractivity contribution >= 4 is 0 Å². The van der Waals surface area contributed by atoms with Gasteiger partial charge >= 0.3 is 0 Å². The Morgan fingerprint density at radius 1 is 1.11 bits per heavy atom. The van der Waals surface area contributed by atoms with Gasteiger partial charge in [0.2, 0.25) is 0 Å². The molecule has 0 saturated carbocycles. The van der Waals surface area contributed by atoms with Crippen molar-refractivity contribution in [3.8, 4) is 11.5 Å². The number of benzene rings is 2. The van der Waals surface area contributed by atoms with E-state index >= 15 is 0 Å². The lowest BCUT2D eigenvalue weighted by molar-refractivity contribution is 0.274. The molecule has 94 valence electrons. The van der Waals surface area contributed by atoms with E-state index in [9.17, 15) is 9.50 Å². The number of phenolic OH excluding ortho intramolecular Hbond substituents is 1. The van der Waals surface area contributed by atoms with Gasteiger partial charge in [-0.1, -0.05) is 30.3 Å². The molecule has 0 aliphatic rings. The molecule has 0 spiro atoms. The minimum atomic E-state index is -0.578. The van der Waals surface area contributed by atoms with Gasteiger partial charge in [-0.05, 0) is 18.2 Å². The summed E-state index contributed by atoms with van der Waals surface area (Å²) in [6.45, 7) is 0.0957. The second kappa shape index (κ2) is 5.51. The fraction of sp³-hybridized carbons (Fsp3) is 0.143. The molecular formula is C14H14FNO2. The lowest BCUT2D eigenvalue weighted by Gasteiger charge is -2.14. The smallest absolute Gasteiger partial charge is 0.161 e. The number of hydrogen-bond donors (Lipinski definition) is 2. The Balaban J connectivity index is 2.03. The Hall–Kier alpha value is -2.07. The fourth-order valence-electron chi connectivity index (χ4n) is 1.62. The van der Waals surface area contributed by atoms with Crippen molar-refractivity contribution in [1.29, 1.82) is 0 Å². The highest BCUT2D eigenvalue weighted by atomic mass is 19.1. The lowest BCUT2D eigenvalue weighted by atomic mass is 10.1. The van der Waals surface area contributed by atoms with E-state index in [0.29, 0.717) is 11.3 Å². The summed E-state index contributed by atoms with van der Waals surface area (Å²) < 4.78 is 18.8. The Morgan fingerprint density at radius 3 is 2.50 bits per heavy atom. The molecule has 0 bridgehead atoms. The summed E-state index contributed by atoms with van der Waals surface area (Å²) in [4.78, 5) is 0. The van der Waals surface area contributed by atoms with Gasteiger partial charge in [-0.3, -0.25) is 0 Å². The van der Waals surface area contributed by atoms with E-state index < -0.39 is 6.04 Å². The Labute approximate surface area is 105 Å². The number of para-hydroxylation sites is 2. The standard InChI is InChI=1S/C14H14FNO2/c15-11-6-2-1-5-10(11)12(16)9-18-14-8-4-3-7-13(14)17/h1-8,12,17H,9,16H2. The summed E-state index contributed by atoms with van der Waals surface area (Å²) in [7, 11) is 0. The van der Waals surface area contributed by atoms with Gasteiger partial charge in [-0.25, -0.2) is 4.39 Å². The third-order valence-corrected chi connectivity index (χ3v) is 2.59. The topological polar surface area (TPSA) is 55.5 Å². The number of phenols is 1. The minimum absolute atomic E-state index is 0.0400. The molecule has 3 N–H and O–H groups in total. The molecule has 2 aromatic rings. The molecule has 0 heterocycles. The van der Waals surface area contributed by atoms with Gasteiger partial charge in [0.15, 0.2) is 11.5 Å². The van der Waals surface area contributed by atoms with E-state index in [0.717, 1.165) is 0 Å². The molecule has 1 atom stereocenters. The van der Waals surface area contributed by atoms with Crippen molar-refractivity contribution in [3.63, 3.8) is 0 Å². The maximum absolute atomic E-state index is 13.5. The van der Waals surface area contributed by atoms with Crippen LogP contribution in [0.4, 0.5) is 4.39 Å². The van der Waals surface area contributed by atoms with Crippen LogP contribution in [0, 0.1) is 5.82 Å². The summed E-state index contributed by atoms with van der Waals surface area (Å²) in [6, 6.07) is 12.3. The monoisotopic (exact) mass is 247 g/mol. The van der Waals surface area contributed by atoms with Gasteiger partial charge < -0.3 is 15.6 Å². The number of halogens is 1. The van der Waals surface area contributed by atoms with Crippen LogP contribution in [0.15, 0.2) is 48.5 Å². The zero-order chi connectivity index (χ0) is 13.0. The van der Waals surface area contributed by atoms with Crippen LogP contribution in [-0.4, -0.2) is 11.7 Å². The van der Waals surface area contributed by atoms with E-state index in [1.54, 1.807) is 36.4 Å². The Morgan fingerprint density at radius 2 is 1.78 bits per heavy atom. The van der Waals surface area contributed by atoms with E-state index in [1.165, 1.54) is 12.1 Å². The Bertz CT molecular complexity index is 531. The molecule has 2 aromatic carbocycles. The zero-order valence-corrected chi connectivity index (χ0v) is 9.71. The highest BCUT2D eigenvalue weighted by molar-refractivity contribution is 5.38. The molecule has 2 rings (SSSR count). The predicted molar refractivity (Wildman–Crippen MR) is 66.9 cm³/mol. The first-order valence-electron chi connectivity index (χ1n) is 5.59. The van der Waals surface area contributed by atoms with Crippen LogP contribution >= 0.6 is 0 Å². The van der Waals surface area contributed by atoms with Crippen LogP contribution < -0.4 is 10.5 Å². The molecule has 1 unspecified atom stereocenters. The van der Waals surface area contributed by atoms with Crippen molar-refractivity contribution in [2.45, 2.75) is 6.04 Å². The molecule has 0 fully saturated rings. The number of rotatable bonds is 4. The summed E-state index contributed by atoms with van der Waals surface area (Å²) in [5, 5.41) is 9.51. The van der Waals surface area contributed by atoms with Gasteiger partial charge in [-0.15, -0.1) is 0 Å². The van der Waals surface area contributed by atoms with Gasteiger partial charge in [0.05, 0.1) is 6.04 Å². The molecule has 4 heteroatoms. The van der Waals surface area contributed by atoms with Crippen LogP contribution in [0.25, 0.3) is 0 Å². The van der Waals surface area contributed by atoms with Crippen LogP contribution in [0.2, 0.25) is 0 Å². The molecule has 0 radical (unpaired) electrons. The molecule has 0 aliphatic carbocycles. The quantitative estimate of drug-likeness (QED) is 0.873. The van der Waals surface area contributed by atoms with E-state index in [1.807, 2.05) is 0 Å². The Kier molecular flexibility index (Phi) is 3.79. The first-order valence-corrected chi connectivity index (χ1v) is 5.59. The predicted octanol–water partition coefficient (Wildman–Crippen LogP) is 2.61. The molecule has 18 heavy (non-hydrogen) atoms. The van der Waals surface area contributed by atoms with Crippen molar-refractivity contribution in [1.82, 2.24) is 0 Å². The molecule has 0 aromatic heterocycles. The summed E-state index contributed by atoms with van der Waals surface area (Å²) in [6.07, 6.45) is 0. The third-order valence-electron chi connectivity index (χ3n) is 2.59. The van der Waals surface area contributed by atoms with Crippen LogP contribution in [0.5, 0.6) is 11.5 Å². The second-order valence-corrected chi connectivity index (χ2v) is 3.91. The van der Waals surface area contributed by atoms with Gasteiger partial charge in [-0.2, -0.15) is 0 Å². The fourth-order valence-corrected chi connectivity index (χ4v) is 1.62. The number of aromatic hydroxyl groups is 1. The van der Waals surface area contributed by atoms with Gasteiger partial charge in [0.25, 0.3) is 0 Å². The average Bonchev–Trinajstić information content (AvgIpc) is 2.38. The normalized spacial score (nSPS) is 12.1. The second-order valence-electron chi connectivity index (χ2n) is 3.91. The third kappa shape index (κ3) is 2.78. The minimum Gasteiger partial charge on any atom is -0.504 e. The van der Waals surface area contributed by atoms with Crippen molar-refractivity contribution < 1.29 is 14.2 Å². The van der Waals surface area contributed by atoms with Crippen molar-refractivity contribution in [3.05, 3.63) is 59.9 Å². The summed E-state index contributed by atoms with van der Waals surface area (Å²) >= 11 is 0. The highest BCUT2D eigenvalue weighted by Gasteiger charge is 2.12. The molecule has 3 nitrogen and oxygen atoms in total. The largest absolute Gasteiger partial charge is 0.504 e. The highest BCUT2D eigenvalue weighted by Crippen LogP contribution is 2.25. The van der Waals surface area contributed by atoms with Crippen molar-refractivity contribution in [2.75, 3.05) is 6.61 Å². The average molecular weight is 247 g/mol.